The van der Waals surface area contributed by atoms with Crippen LogP contribution in [0.5, 0.6) is 0 Å². The molecule has 4 nitrogen and oxygen atoms in total. The van der Waals surface area contributed by atoms with E-state index >= 15 is 0 Å². The van der Waals surface area contributed by atoms with E-state index in [1.165, 1.54) is 0 Å². The zero-order valence-corrected chi connectivity index (χ0v) is 11.4. The Morgan fingerprint density at radius 1 is 1.22 bits per heavy atom. The van der Waals surface area contributed by atoms with Crippen LogP contribution < -0.4 is 0 Å². The number of likely N-dealkylation sites (tertiary alicyclic amines) is 1. The zero-order chi connectivity index (χ0) is 13.1. The molecule has 1 amide bonds. The van der Waals surface area contributed by atoms with Crippen LogP contribution in [0.2, 0.25) is 0 Å². The van der Waals surface area contributed by atoms with Gasteiger partial charge >= 0.3 is 5.97 Å². The lowest BCUT2D eigenvalue weighted by atomic mass is 9.96. The van der Waals surface area contributed by atoms with E-state index in [4.69, 9.17) is 5.11 Å². The molecule has 5 heteroatoms. The monoisotopic (exact) mass is 311 g/mol. The number of nitrogens with zero attached hydrogens (tertiary/aromatic N) is 1. The first-order valence-electron chi connectivity index (χ1n) is 5.86. The van der Waals surface area contributed by atoms with Crippen LogP contribution in [0.25, 0.3) is 0 Å². The Labute approximate surface area is 114 Å². The number of hydrogen-bond acceptors (Lipinski definition) is 2. The first-order chi connectivity index (χ1) is 8.59. The summed E-state index contributed by atoms with van der Waals surface area (Å²) in [6.07, 6.45) is 1.07. The second kappa shape index (κ2) is 5.52. The molecule has 0 unspecified atom stereocenters. The van der Waals surface area contributed by atoms with Crippen LogP contribution in [0.4, 0.5) is 0 Å². The Morgan fingerprint density at radius 3 is 2.39 bits per heavy atom. The quantitative estimate of drug-likeness (QED) is 0.912. The van der Waals surface area contributed by atoms with Crippen molar-refractivity contribution in [1.82, 2.24) is 4.90 Å². The number of piperidine rings is 1. The van der Waals surface area contributed by atoms with Crippen LogP contribution in [0.15, 0.2) is 28.7 Å². The number of hydrogen-bond donors (Lipinski definition) is 1. The standard InChI is InChI=1S/C13H14BrNO3/c14-11-4-2-1-3-10(11)12(16)15-7-5-9(6-8-15)13(17)18/h1-4,9H,5-8H2,(H,17,18). The molecule has 1 aliphatic heterocycles. The van der Waals surface area contributed by atoms with Gasteiger partial charge in [0.2, 0.25) is 0 Å². The molecule has 96 valence electrons. The summed E-state index contributed by atoms with van der Waals surface area (Å²) >= 11 is 3.36. The fourth-order valence-corrected chi connectivity index (χ4v) is 2.59. The predicted octanol–water partition coefficient (Wildman–Crippen LogP) is 2.39. The first kappa shape index (κ1) is 13.1. The van der Waals surface area contributed by atoms with Crippen molar-refractivity contribution in [1.29, 1.82) is 0 Å². The maximum absolute atomic E-state index is 12.2. The highest BCUT2D eigenvalue weighted by Gasteiger charge is 2.27. The third-order valence-corrected chi connectivity index (χ3v) is 3.93. The van der Waals surface area contributed by atoms with Crippen LogP contribution in [0.3, 0.4) is 0 Å². The van der Waals surface area contributed by atoms with E-state index in [2.05, 4.69) is 15.9 Å². The zero-order valence-electron chi connectivity index (χ0n) is 9.80. The number of amides is 1. The van der Waals surface area contributed by atoms with Gasteiger partial charge in [-0.15, -0.1) is 0 Å². The third-order valence-electron chi connectivity index (χ3n) is 3.24. The van der Waals surface area contributed by atoms with Crippen molar-refractivity contribution in [3.8, 4) is 0 Å². The van der Waals surface area contributed by atoms with Crippen LogP contribution >= 0.6 is 15.9 Å². The number of carboxylic acids is 1. The van der Waals surface area contributed by atoms with Gasteiger partial charge < -0.3 is 10.0 Å². The Balaban J connectivity index is 2.04. The van der Waals surface area contributed by atoms with Crippen molar-refractivity contribution < 1.29 is 14.7 Å². The maximum atomic E-state index is 12.2. The second-order valence-corrected chi connectivity index (χ2v) is 5.24. The molecule has 0 spiro atoms. The molecule has 2 rings (SSSR count). The molecule has 18 heavy (non-hydrogen) atoms. The molecule has 0 saturated carbocycles. The minimum atomic E-state index is -0.761. The lowest BCUT2D eigenvalue weighted by Gasteiger charge is -2.30. The Morgan fingerprint density at radius 2 is 1.83 bits per heavy atom. The van der Waals surface area contributed by atoms with E-state index in [9.17, 15) is 9.59 Å². The molecular weight excluding hydrogens is 298 g/mol. The minimum absolute atomic E-state index is 0.0358. The van der Waals surface area contributed by atoms with E-state index in [1.807, 2.05) is 18.2 Å². The normalized spacial score (nSPS) is 16.6. The molecule has 0 bridgehead atoms. The fraction of sp³-hybridized carbons (Fsp3) is 0.385. The number of halogens is 1. The predicted molar refractivity (Wildman–Crippen MR) is 70.4 cm³/mol. The highest BCUT2D eigenvalue weighted by atomic mass is 79.9. The average molecular weight is 312 g/mol. The Kier molecular flexibility index (Phi) is 4.01. The van der Waals surface area contributed by atoms with Crippen LogP contribution in [-0.4, -0.2) is 35.0 Å². The van der Waals surface area contributed by atoms with E-state index in [0.29, 0.717) is 31.5 Å². The van der Waals surface area contributed by atoms with Crippen molar-refractivity contribution >= 4 is 27.8 Å². The molecule has 0 atom stereocenters. The van der Waals surface area contributed by atoms with Gasteiger partial charge in [0.15, 0.2) is 0 Å². The van der Waals surface area contributed by atoms with Gasteiger partial charge in [-0.25, -0.2) is 0 Å². The number of carbonyl (C=O) groups is 2. The number of carboxylic acid groups (broad SMARTS) is 1. The molecule has 0 radical (unpaired) electrons. The smallest absolute Gasteiger partial charge is 0.306 e. The van der Waals surface area contributed by atoms with Crippen LogP contribution in [-0.2, 0) is 4.79 Å². The maximum Gasteiger partial charge on any atom is 0.306 e. The van der Waals surface area contributed by atoms with E-state index < -0.39 is 5.97 Å². The molecule has 0 aromatic heterocycles. The lowest BCUT2D eigenvalue weighted by molar-refractivity contribution is -0.143. The van der Waals surface area contributed by atoms with Crippen molar-refractivity contribution in [2.24, 2.45) is 5.92 Å². The summed E-state index contributed by atoms with van der Waals surface area (Å²) in [6, 6.07) is 7.28. The van der Waals surface area contributed by atoms with Gasteiger partial charge in [0.05, 0.1) is 11.5 Å². The van der Waals surface area contributed by atoms with Gasteiger partial charge in [-0.1, -0.05) is 12.1 Å². The Hall–Kier alpha value is -1.36. The summed E-state index contributed by atoms with van der Waals surface area (Å²) < 4.78 is 0.773. The van der Waals surface area contributed by atoms with Gasteiger partial charge in [0.25, 0.3) is 5.91 Å². The first-order valence-corrected chi connectivity index (χ1v) is 6.65. The second-order valence-electron chi connectivity index (χ2n) is 4.38. The van der Waals surface area contributed by atoms with Gasteiger partial charge in [-0.3, -0.25) is 9.59 Å². The van der Waals surface area contributed by atoms with Gasteiger partial charge in [0, 0.05) is 17.6 Å². The molecule has 1 fully saturated rings. The summed E-state index contributed by atoms with van der Waals surface area (Å²) in [6.45, 7) is 1.02. The van der Waals surface area contributed by atoms with E-state index in [0.717, 1.165) is 4.47 Å². The van der Waals surface area contributed by atoms with Crippen LogP contribution in [0, 0.1) is 5.92 Å². The largest absolute Gasteiger partial charge is 0.481 e. The minimum Gasteiger partial charge on any atom is -0.481 e. The van der Waals surface area contributed by atoms with Crippen molar-refractivity contribution in [3.63, 3.8) is 0 Å². The SMILES string of the molecule is O=C(O)C1CCN(C(=O)c2ccccc2Br)CC1. The number of aliphatic carboxylic acids is 1. The molecule has 1 aliphatic rings. The third kappa shape index (κ3) is 2.72. The van der Waals surface area contributed by atoms with Crippen LogP contribution in [0.1, 0.15) is 23.2 Å². The summed E-state index contributed by atoms with van der Waals surface area (Å²) in [4.78, 5) is 24.8. The van der Waals surface area contributed by atoms with Gasteiger partial charge in [0.1, 0.15) is 0 Å². The topological polar surface area (TPSA) is 57.6 Å². The summed E-state index contributed by atoms with van der Waals surface area (Å²) in [7, 11) is 0. The molecule has 1 aromatic rings. The molecule has 1 heterocycles. The highest BCUT2D eigenvalue weighted by molar-refractivity contribution is 9.10. The molecule has 1 saturated heterocycles. The summed E-state index contributed by atoms with van der Waals surface area (Å²) in [5.41, 5.74) is 0.631. The molecular formula is C13H14BrNO3. The summed E-state index contributed by atoms with van der Waals surface area (Å²) in [5.74, 6) is -1.11. The van der Waals surface area contributed by atoms with Gasteiger partial charge in [-0.2, -0.15) is 0 Å². The van der Waals surface area contributed by atoms with Crippen molar-refractivity contribution in [2.45, 2.75) is 12.8 Å². The lowest BCUT2D eigenvalue weighted by Crippen LogP contribution is -2.40. The van der Waals surface area contributed by atoms with Crippen molar-refractivity contribution in [2.75, 3.05) is 13.1 Å². The van der Waals surface area contributed by atoms with E-state index in [1.54, 1.807) is 11.0 Å². The highest BCUT2D eigenvalue weighted by Crippen LogP contribution is 2.22. The number of carbonyl (C=O) groups excluding carboxylic acids is 1. The molecule has 1 aromatic carbocycles. The van der Waals surface area contributed by atoms with Crippen molar-refractivity contribution in [3.05, 3.63) is 34.3 Å². The number of rotatable bonds is 2. The molecule has 0 aliphatic carbocycles. The van der Waals surface area contributed by atoms with E-state index in [-0.39, 0.29) is 11.8 Å². The summed E-state index contributed by atoms with van der Waals surface area (Å²) in [5, 5.41) is 8.91. The fourth-order valence-electron chi connectivity index (χ4n) is 2.13. The Bertz CT molecular complexity index is 467. The number of benzene rings is 1. The van der Waals surface area contributed by atoms with Gasteiger partial charge in [-0.05, 0) is 40.9 Å². The molecule has 1 N–H and O–H groups in total. The average Bonchev–Trinajstić information content (AvgIpc) is 2.38.